The molecule has 2 rings (SSSR count). The number of hydrogen-bond donors (Lipinski definition) is 2. The highest BCUT2D eigenvalue weighted by Gasteiger charge is 2.31. The Labute approximate surface area is 162 Å². The summed E-state index contributed by atoms with van der Waals surface area (Å²) in [6, 6.07) is 6.98. The molecule has 27 heavy (non-hydrogen) atoms. The number of benzene rings is 1. The molecule has 0 bridgehead atoms. The van der Waals surface area contributed by atoms with E-state index in [-0.39, 0.29) is 17.0 Å². The van der Waals surface area contributed by atoms with Crippen molar-refractivity contribution in [3.8, 4) is 0 Å². The van der Waals surface area contributed by atoms with Crippen LogP contribution in [0.3, 0.4) is 0 Å². The smallest absolute Gasteiger partial charge is 0.410 e. The number of nitrogens with zero attached hydrogens (tertiary/aromatic N) is 1. The molecule has 0 aromatic heterocycles. The van der Waals surface area contributed by atoms with E-state index >= 15 is 0 Å². The first-order valence-corrected chi connectivity index (χ1v) is 10.7. The lowest BCUT2D eigenvalue weighted by atomic mass is 9.93. The van der Waals surface area contributed by atoms with Gasteiger partial charge < -0.3 is 15.0 Å². The maximum absolute atomic E-state index is 12.3. The summed E-state index contributed by atoms with van der Waals surface area (Å²) in [5.41, 5.74) is 0.371. The van der Waals surface area contributed by atoms with Crippen LogP contribution in [0.5, 0.6) is 0 Å². The standard InChI is InChI=1S/C19H31N3O4S/c1-14-9-10-22(18(23)26-19(2,3)4)13-17(14)21-12-15-7-6-8-16(11-15)27(24,25)20-5/h6-8,11,14,17,20-21H,9-10,12-13H2,1-5H3/t14-,17+/m1/s1. The second-order valence-corrected chi connectivity index (χ2v) is 9.92. The molecule has 152 valence electrons. The average molecular weight is 398 g/mol. The monoisotopic (exact) mass is 397 g/mol. The van der Waals surface area contributed by atoms with E-state index in [1.54, 1.807) is 23.1 Å². The molecule has 1 aromatic rings. The minimum absolute atomic E-state index is 0.121. The molecule has 0 aliphatic carbocycles. The zero-order valence-corrected chi connectivity index (χ0v) is 17.6. The van der Waals surface area contributed by atoms with E-state index in [0.717, 1.165) is 12.0 Å². The molecule has 1 aromatic carbocycles. The number of hydrogen-bond acceptors (Lipinski definition) is 5. The largest absolute Gasteiger partial charge is 0.444 e. The third kappa shape index (κ3) is 6.19. The molecule has 0 radical (unpaired) electrons. The third-order valence-electron chi connectivity index (χ3n) is 4.66. The minimum Gasteiger partial charge on any atom is -0.444 e. The van der Waals surface area contributed by atoms with Crippen molar-refractivity contribution in [3.05, 3.63) is 29.8 Å². The van der Waals surface area contributed by atoms with E-state index in [2.05, 4.69) is 17.0 Å². The number of sulfonamides is 1. The van der Waals surface area contributed by atoms with Crippen molar-refractivity contribution in [2.75, 3.05) is 20.1 Å². The highest BCUT2D eigenvalue weighted by molar-refractivity contribution is 7.89. The van der Waals surface area contributed by atoms with E-state index in [1.165, 1.54) is 7.05 Å². The van der Waals surface area contributed by atoms with Gasteiger partial charge in [0.1, 0.15) is 5.60 Å². The number of carbonyl (C=O) groups is 1. The summed E-state index contributed by atoms with van der Waals surface area (Å²) >= 11 is 0. The van der Waals surface area contributed by atoms with Gasteiger partial charge in [0, 0.05) is 25.7 Å². The molecule has 2 N–H and O–H groups in total. The summed E-state index contributed by atoms with van der Waals surface area (Å²) in [7, 11) is -2.06. The first-order chi connectivity index (χ1) is 12.5. The van der Waals surface area contributed by atoms with Crippen LogP contribution < -0.4 is 10.0 Å². The second-order valence-electron chi connectivity index (χ2n) is 8.03. The second kappa shape index (κ2) is 8.58. The van der Waals surface area contributed by atoms with Gasteiger partial charge in [0.05, 0.1) is 4.90 Å². The topological polar surface area (TPSA) is 87.7 Å². The number of amides is 1. The summed E-state index contributed by atoms with van der Waals surface area (Å²) in [6.45, 7) is 9.53. The molecular formula is C19H31N3O4S. The van der Waals surface area contributed by atoms with Crippen LogP contribution in [0.1, 0.15) is 39.7 Å². The van der Waals surface area contributed by atoms with Gasteiger partial charge in [0.2, 0.25) is 10.0 Å². The lowest BCUT2D eigenvalue weighted by molar-refractivity contribution is 0.0147. The number of carbonyl (C=O) groups excluding carboxylic acids is 1. The third-order valence-corrected chi connectivity index (χ3v) is 6.07. The van der Waals surface area contributed by atoms with Gasteiger partial charge in [0.15, 0.2) is 0 Å². The fraction of sp³-hybridized carbons (Fsp3) is 0.632. The molecule has 1 fully saturated rings. The predicted molar refractivity (Wildman–Crippen MR) is 105 cm³/mol. The quantitative estimate of drug-likeness (QED) is 0.796. The van der Waals surface area contributed by atoms with E-state index in [4.69, 9.17) is 4.74 Å². The molecule has 0 saturated carbocycles. The van der Waals surface area contributed by atoms with Gasteiger partial charge in [0.25, 0.3) is 0 Å². The Hall–Kier alpha value is -1.64. The summed E-state index contributed by atoms with van der Waals surface area (Å²) in [6.07, 6.45) is 0.605. The Bertz CT molecular complexity index is 758. The molecule has 0 unspecified atom stereocenters. The Balaban J connectivity index is 2.00. The van der Waals surface area contributed by atoms with Crippen LogP contribution in [-0.4, -0.2) is 51.2 Å². The fourth-order valence-corrected chi connectivity index (χ4v) is 3.82. The number of rotatable bonds is 5. The Morgan fingerprint density at radius 3 is 2.67 bits per heavy atom. The summed E-state index contributed by atoms with van der Waals surface area (Å²) in [5, 5.41) is 3.47. The van der Waals surface area contributed by atoms with Crippen molar-refractivity contribution in [1.29, 1.82) is 0 Å². The number of likely N-dealkylation sites (tertiary alicyclic amines) is 1. The number of ether oxygens (including phenoxy) is 1. The molecule has 8 heteroatoms. The Morgan fingerprint density at radius 1 is 1.33 bits per heavy atom. The molecule has 1 heterocycles. The van der Waals surface area contributed by atoms with Crippen molar-refractivity contribution in [1.82, 2.24) is 14.9 Å². The number of piperidine rings is 1. The van der Waals surface area contributed by atoms with Gasteiger partial charge in [-0.15, -0.1) is 0 Å². The zero-order valence-electron chi connectivity index (χ0n) is 16.8. The lowest BCUT2D eigenvalue weighted by Gasteiger charge is -2.38. The van der Waals surface area contributed by atoms with Crippen LogP contribution >= 0.6 is 0 Å². The molecular weight excluding hydrogens is 366 g/mol. The molecule has 2 atom stereocenters. The van der Waals surface area contributed by atoms with Crippen molar-refractivity contribution in [2.24, 2.45) is 5.92 Å². The normalized spacial score (nSPS) is 21.1. The molecule has 1 amide bonds. The summed E-state index contributed by atoms with van der Waals surface area (Å²) in [5.74, 6) is 0.410. The molecule has 1 aliphatic heterocycles. The van der Waals surface area contributed by atoms with Crippen molar-refractivity contribution in [3.63, 3.8) is 0 Å². The zero-order chi connectivity index (χ0) is 20.2. The van der Waals surface area contributed by atoms with E-state index in [9.17, 15) is 13.2 Å². The highest BCUT2D eigenvalue weighted by atomic mass is 32.2. The molecule has 1 aliphatic rings. The van der Waals surface area contributed by atoms with Crippen LogP contribution in [-0.2, 0) is 21.3 Å². The molecule has 0 spiro atoms. The maximum Gasteiger partial charge on any atom is 0.410 e. The van der Waals surface area contributed by atoms with E-state index in [1.807, 2.05) is 26.8 Å². The van der Waals surface area contributed by atoms with Gasteiger partial charge in [-0.1, -0.05) is 19.1 Å². The van der Waals surface area contributed by atoms with Gasteiger partial charge in [-0.25, -0.2) is 17.9 Å². The predicted octanol–water partition coefficient (Wildman–Crippen LogP) is 2.33. The Kier molecular flexibility index (Phi) is 6.88. The van der Waals surface area contributed by atoms with Crippen LogP contribution in [0.4, 0.5) is 4.79 Å². The first-order valence-electron chi connectivity index (χ1n) is 9.25. The van der Waals surface area contributed by atoms with Crippen LogP contribution in [0, 0.1) is 5.92 Å². The molecule has 1 saturated heterocycles. The molecule has 7 nitrogen and oxygen atoms in total. The summed E-state index contributed by atoms with van der Waals surface area (Å²) < 4.78 is 31.7. The van der Waals surface area contributed by atoms with Crippen molar-refractivity contribution in [2.45, 2.75) is 57.2 Å². The van der Waals surface area contributed by atoms with Crippen LogP contribution in [0.15, 0.2) is 29.2 Å². The van der Waals surface area contributed by atoms with E-state index < -0.39 is 15.6 Å². The first kappa shape index (κ1) is 21.7. The van der Waals surface area contributed by atoms with Gasteiger partial charge in [-0.05, 0) is 57.9 Å². The Morgan fingerprint density at radius 2 is 2.04 bits per heavy atom. The maximum atomic E-state index is 12.3. The summed E-state index contributed by atoms with van der Waals surface area (Å²) in [4.78, 5) is 14.3. The van der Waals surface area contributed by atoms with Crippen LogP contribution in [0.2, 0.25) is 0 Å². The lowest BCUT2D eigenvalue weighted by Crippen LogP contribution is -2.52. The minimum atomic E-state index is -3.46. The van der Waals surface area contributed by atoms with Gasteiger partial charge >= 0.3 is 6.09 Å². The van der Waals surface area contributed by atoms with E-state index in [0.29, 0.717) is 25.6 Å². The van der Waals surface area contributed by atoms with Gasteiger partial charge in [-0.3, -0.25) is 0 Å². The highest BCUT2D eigenvalue weighted by Crippen LogP contribution is 2.20. The van der Waals surface area contributed by atoms with Crippen LogP contribution in [0.25, 0.3) is 0 Å². The van der Waals surface area contributed by atoms with Crippen molar-refractivity contribution >= 4 is 16.1 Å². The number of nitrogens with one attached hydrogen (secondary N) is 2. The van der Waals surface area contributed by atoms with Crippen molar-refractivity contribution < 1.29 is 17.9 Å². The fourth-order valence-electron chi connectivity index (χ4n) is 3.02. The SMILES string of the molecule is CNS(=O)(=O)c1cccc(CN[C@H]2CN(C(=O)OC(C)(C)C)CC[C@H]2C)c1. The average Bonchev–Trinajstić information content (AvgIpc) is 2.59. The van der Waals surface area contributed by atoms with Gasteiger partial charge in [-0.2, -0.15) is 0 Å².